The summed E-state index contributed by atoms with van der Waals surface area (Å²) in [5.41, 5.74) is 0.383. The summed E-state index contributed by atoms with van der Waals surface area (Å²) in [5.74, 6) is 0.0943. The van der Waals surface area contributed by atoms with Crippen LogP contribution in [0.1, 0.15) is 65.7 Å². The fourth-order valence-corrected chi connectivity index (χ4v) is 5.10. The van der Waals surface area contributed by atoms with Gasteiger partial charge in [0.05, 0.1) is 0 Å². The Morgan fingerprint density at radius 3 is 2.79 bits per heavy atom. The molecule has 1 aliphatic heterocycles. The second kappa shape index (κ2) is 8.98. The minimum absolute atomic E-state index is 0.115. The van der Waals surface area contributed by atoms with Gasteiger partial charge in [0, 0.05) is 31.1 Å². The highest BCUT2D eigenvalue weighted by Crippen LogP contribution is 2.32. The predicted molar refractivity (Wildman–Crippen MR) is 109 cm³/mol. The Morgan fingerprint density at radius 2 is 2.00 bits per heavy atom. The second-order valence-corrected chi connectivity index (χ2v) is 8.95. The van der Waals surface area contributed by atoms with Crippen molar-refractivity contribution in [2.45, 2.75) is 50.9 Å². The molecule has 0 unspecified atom stereocenters. The first-order valence-corrected chi connectivity index (χ1v) is 11.1. The number of carbonyl (C=O) groups is 2. The monoisotopic (exact) mass is 416 g/mol. The van der Waals surface area contributed by atoms with Gasteiger partial charge in [-0.25, -0.2) is 4.39 Å². The molecule has 4 rings (SSSR count). The molecule has 0 bridgehead atoms. The third kappa shape index (κ3) is 4.98. The van der Waals surface area contributed by atoms with E-state index in [4.69, 9.17) is 0 Å². The molecule has 1 aromatic carbocycles. The first kappa shape index (κ1) is 19.9. The van der Waals surface area contributed by atoms with Gasteiger partial charge < -0.3 is 10.2 Å². The van der Waals surface area contributed by atoms with Gasteiger partial charge >= 0.3 is 0 Å². The van der Waals surface area contributed by atoms with E-state index in [2.05, 4.69) is 15.5 Å². The Hall–Kier alpha value is -2.35. The van der Waals surface area contributed by atoms with E-state index in [1.54, 1.807) is 6.07 Å². The average Bonchev–Trinajstić information content (AvgIpc) is 3.40. The number of anilines is 1. The fourth-order valence-electron chi connectivity index (χ4n) is 4.24. The number of piperidine rings is 1. The molecule has 6 nitrogen and oxygen atoms in total. The molecule has 8 heteroatoms. The lowest BCUT2D eigenvalue weighted by atomic mass is 9.97. The van der Waals surface area contributed by atoms with Crippen molar-refractivity contribution in [3.05, 3.63) is 40.1 Å². The van der Waals surface area contributed by atoms with Crippen molar-refractivity contribution in [1.29, 1.82) is 0 Å². The van der Waals surface area contributed by atoms with Crippen LogP contribution in [0.15, 0.2) is 24.3 Å². The SMILES string of the molecule is O=C(Nc1cccc(F)c1)c1nnc([C@@H]2CCCN(C(=O)CC3CCCC3)C2)s1. The van der Waals surface area contributed by atoms with E-state index in [0.29, 0.717) is 24.6 Å². The van der Waals surface area contributed by atoms with E-state index >= 15 is 0 Å². The molecular weight excluding hydrogens is 391 g/mol. The molecule has 2 aliphatic rings. The van der Waals surface area contributed by atoms with E-state index in [1.165, 1.54) is 55.2 Å². The minimum Gasteiger partial charge on any atom is -0.342 e. The number of benzene rings is 1. The third-order valence-electron chi connectivity index (χ3n) is 5.78. The zero-order chi connectivity index (χ0) is 20.2. The molecule has 2 fully saturated rings. The summed E-state index contributed by atoms with van der Waals surface area (Å²) in [4.78, 5) is 27.0. The van der Waals surface area contributed by atoms with Crippen molar-refractivity contribution in [2.24, 2.45) is 5.92 Å². The van der Waals surface area contributed by atoms with Crippen molar-refractivity contribution in [3.63, 3.8) is 0 Å². The summed E-state index contributed by atoms with van der Waals surface area (Å²) in [7, 11) is 0. The molecule has 154 valence electrons. The van der Waals surface area contributed by atoms with Gasteiger partial charge in [-0.3, -0.25) is 9.59 Å². The van der Waals surface area contributed by atoms with Crippen LogP contribution in [0.3, 0.4) is 0 Å². The number of aromatic nitrogens is 2. The standard InChI is InChI=1S/C21H25FN4O2S/c22-16-8-3-9-17(12-16)23-19(28)21-25-24-20(29-21)15-7-4-10-26(13-15)18(27)11-14-5-1-2-6-14/h3,8-9,12,14-15H,1-2,4-7,10-11,13H2,(H,23,28)/t15-/m1/s1. The van der Waals surface area contributed by atoms with Crippen LogP contribution in [0.2, 0.25) is 0 Å². The van der Waals surface area contributed by atoms with Crippen LogP contribution < -0.4 is 5.32 Å². The molecule has 1 saturated carbocycles. The summed E-state index contributed by atoms with van der Waals surface area (Å²) in [6.45, 7) is 1.44. The van der Waals surface area contributed by atoms with Crippen LogP contribution in [-0.4, -0.2) is 40.0 Å². The highest BCUT2D eigenvalue weighted by atomic mass is 32.1. The molecular formula is C21H25FN4O2S. The van der Waals surface area contributed by atoms with E-state index in [-0.39, 0.29) is 16.8 Å². The van der Waals surface area contributed by atoms with Crippen molar-refractivity contribution in [2.75, 3.05) is 18.4 Å². The molecule has 1 aromatic heterocycles. The molecule has 2 aromatic rings. The van der Waals surface area contributed by atoms with Crippen LogP contribution in [0.5, 0.6) is 0 Å². The van der Waals surface area contributed by atoms with Crippen LogP contribution in [-0.2, 0) is 4.79 Å². The lowest BCUT2D eigenvalue weighted by molar-refractivity contribution is -0.133. The Labute approximate surface area is 173 Å². The van der Waals surface area contributed by atoms with E-state index in [9.17, 15) is 14.0 Å². The molecule has 2 amide bonds. The maximum Gasteiger partial charge on any atom is 0.286 e. The normalized spacial score (nSPS) is 20.0. The van der Waals surface area contributed by atoms with Crippen molar-refractivity contribution >= 4 is 28.8 Å². The van der Waals surface area contributed by atoms with Gasteiger partial charge in [0.25, 0.3) is 5.91 Å². The zero-order valence-electron chi connectivity index (χ0n) is 16.3. The molecule has 1 saturated heterocycles. The Morgan fingerprint density at radius 1 is 1.17 bits per heavy atom. The highest BCUT2D eigenvalue weighted by Gasteiger charge is 2.29. The Balaban J connectivity index is 1.36. The number of amides is 2. The average molecular weight is 417 g/mol. The van der Waals surface area contributed by atoms with E-state index in [1.807, 2.05) is 4.90 Å². The molecule has 1 aliphatic carbocycles. The van der Waals surface area contributed by atoms with Crippen molar-refractivity contribution in [1.82, 2.24) is 15.1 Å². The van der Waals surface area contributed by atoms with Gasteiger partial charge in [0.2, 0.25) is 10.9 Å². The summed E-state index contributed by atoms with van der Waals surface area (Å²) in [5, 5.41) is 11.9. The van der Waals surface area contributed by atoms with Crippen LogP contribution in [0.25, 0.3) is 0 Å². The van der Waals surface area contributed by atoms with Gasteiger partial charge in [-0.15, -0.1) is 10.2 Å². The van der Waals surface area contributed by atoms with Gasteiger partial charge in [-0.2, -0.15) is 0 Å². The lowest BCUT2D eigenvalue weighted by Crippen LogP contribution is -2.39. The molecule has 1 atom stereocenters. The molecule has 2 heterocycles. The van der Waals surface area contributed by atoms with Crippen LogP contribution in [0.4, 0.5) is 10.1 Å². The summed E-state index contributed by atoms with van der Waals surface area (Å²) in [6, 6.07) is 5.74. The van der Waals surface area contributed by atoms with E-state index < -0.39 is 11.7 Å². The number of nitrogens with one attached hydrogen (secondary N) is 1. The molecule has 0 spiro atoms. The minimum atomic E-state index is -0.412. The zero-order valence-corrected chi connectivity index (χ0v) is 17.1. The summed E-state index contributed by atoms with van der Waals surface area (Å²) >= 11 is 1.25. The van der Waals surface area contributed by atoms with Gasteiger partial charge in [-0.05, 0) is 49.8 Å². The Bertz CT molecular complexity index is 881. The molecule has 0 radical (unpaired) electrons. The third-order valence-corrected chi connectivity index (χ3v) is 6.86. The van der Waals surface area contributed by atoms with Gasteiger partial charge in [-0.1, -0.05) is 30.2 Å². The summed E-state index contributed by atoms with van der Waals surface area (Å²) < 4.78 is 13.3. The van der Waals surface area contributed by atoms with Gasteiger partial charge in [0.15, 0.2) is 0 Å². The van der Waals surface area contributed by atoms with Crippen LogP contribution >= 0.6 is 11.3 Å². The fraction of sp³-hybridized carbons (Fsp3) is 0.524. The first-order chi connectivity index (χ1) is 14.1. The molecule has 1 N–H and O–H groups in total. The Kier molecular flexibility index (Phi) is 6.18. The van der Waals surface area contributed by atoms with Crippen molar-refractivity contribution in [3.8, 4) is 0 Å². The molecule has 29 heavy (non-hydrogen) atoms. The van der Waals surface area contributed by atoms with Gasteiger partial charge in [0.1, 0.15) is 10.8 Å². The first-order valence-electron chi connectivity index (χ1n) is 10.3. The number of hydrogen-bond donors (Lipinski definition) is 1. The second-order valence-electron chi connectivity index (χ2n) is 7.94. The summed E-state index contributed by atoms with van der Waals surface area (Å²) in [6.07, 6.45) is 7.35. The quantitative estimate of drug-likeness (QED) is 0.792. The topological polar surface area (TPSA) is 75.2 Å². The number of nitrogens with zero attached hydrogens (tertiary/aromatic N) is 3. The number of carbonyl (C=O) groups excluding carboxylic acids is 2. The smallest absolute Gasteiger partial charge is 0.286 e. The number of rotatable bonds is 5. The maximum atomic E-state index is 13.3. The highest BCUT2D eigenvalue weighted by molar-refractivity contribution is 7.13. The number of likely N-dealkylation sites (tertiary alicyclic amines) is 1. The van der Waals surface area contributed by atoms with Crippen molar-refractivity contribution < 1.29 is 14.0 Å². The number of hydrogen-bond acceptors (Lipinski definition) is 5. The van der Waals surface area contributed by atoms with Crippen LogP contribution in [0, 0.1) is 11.7 Å². The van der Waals surface area contributed by atoms with E-state index in [0.717, 1.165) is 24.4 Å². The largest absolute Gasteiger partial charge is 0.342 e. The predicted octanol–water partition coefficient (Wildman–Crippen LogP) is 4.22. The number of halogens is 1. The maximum absolute atomic E-state index is 13.3. The lowest BCUT2D eigenvalue weighted by Gasteiger charge is -2.32.